The Balaban J connectivity index is 1.75. The third-order valence-electron chi connectivity index (χ3n) is 3.54. The van der Waals surface area contributed by atoms with E-state index in [0.29, 0.717) is 30.6 Å². The molecule has 0 atom stereocenters. The molecule has 0 saturated heterocycles. The molecule has 0 unspecified atom stereocenters. The van der Waals surface area contributed by atoms with Crippen LogP contribution in [0.3, 0.4) is 0 Å². The van der Waals surface area contributed by atoms with Crippen LogP contribution in [0.4, 0.5) is 0 Å². The highest BCUT2D eigenvalue weighted by Crippen LogP contribution is 2.38. The van der Waals surface area contributed by atoms with Gasteiger partial charge in [0, 0.05) is 24.4 Å². The van der Waals surface area contributed by atoms with Crippen molar-refractivity contribution in [3.63, 3.8) is 0 Å². The molecule has 0 saturated carbocycles. The van der Waals surface area contributed by atoms with Gasteiger partial charge < -0.3 is 14.0 Å². The largest absolute Gasteiger partial charge is 0.463 e. The first kappa shape index (κ1) is 14.8. The molecule has 0 aromatic carbocycles. The average molecular weight is 342 g/mol. The Hall–Kier alpha value is -2.74. The van der Waals surface area contributed by atoms with Gasteiger partial charge in [-0.25, -0.2) is 9.97 Å². The summed E-state index contributed by atoms with van der Waals surface area (Å²) in [5, 5.41) is 4.87. The molecule has 1 aliphatic heterocycles. The van der Waals surface area contributed by atoms with E-state index in [1.807, 2.05) is 19.1 Å². The first-order chi connectivity index (χ1) is 11.8. The first-order valence-corrected chi connectivity index (χ1v) is 8.20. The number of ether oxygens (including phenoxy) is 1. The lowest BCUT2D eigenvalue weighted by Crippen LogP contribution is -2.15. The van der Waals surface area contributed by atoms with Crippen LogP contribution in [-0.2, 0) is 4.84 Å². The predicted octanol–water partition coefficient (Wildman–Crippen LogP) is 3.30. The average Bonchev–Trinajstić information content (AvgIpc) is 3.20. The van der Waals surface area contributed by atoms with Crippen molar-refractivity contribution in [2.24, 2.45) is 5.16 Å². The quantitative estimate of drug-likeness (QED) is 0.679. The molecule has 3 aromatic heterocycles. The molecule has 24 heavy (non-hydrogen) atoms. The third kappa shape index (κ3) is 2.54. The van der Waals surface area contributed by atoms with Crippen LogP contribution in [0.1, 0.15) is 17.8 Å². The SMILES string of the molecule is CO/N=C1\CCOc2oc(-c3sc(-c4cccnc4)nc3C)nc21. The molecule has 0 fully saturated rings. The summed E-state index contributed by atoms with van der Waals surface area (Å²) in [4.78, 5) is 19.0. The van der Waals surface area contributed by atoms with Crippen LogP contribution in [0.25, 0.3) is 21.3 Å². The van der Waals surface area contributed by atoms with Crippen molar-refractivity contribution in [1.29, 1.82) is 0 Å². The molecule has 7 nitrogen and oxygen atoms in total. The second-order valence-electron chi connectivity index (χ2n) is 5.15. The number of nitrogens with zero attached hydrogens (tertiary/aromatic N) is 4. The van der Waals surface area contributed by atoms with Crippen LogP contribution in [0.5, 0.6) is 5.95 Å². The zero-order valence-electron chi connectivity index (χ0n) is 13.1. The fraction of sp³-hybridized carbons (Fsp3) is 0.250. The van der Waals surface area contributed by atoms with E-state index >= 15 is 0 Å². The van der Waals surface area contributed by atoms with Crippen molar-refractivity contribution < 1.29 is 14.0 Å². The normalized spacial score (nSPS) is 15.2. The summed E-state index contributed by atoms with van der Waals surface area (Å²) in [5.41, 5.74) is 3.13. The van der Waals surface area contributed by atoms with Crippen molar-refractivity contribution in [1.82, 2.24) is 15.0 Å². The van der Waals surface area contributed by atoms with Gasteiger partial charge in [0.25, 0.3) is 0 Å². The maximum Gasteiger partial charge on any atom is 0.315 e. The Kier molecular flexibility index (Phi) is 3.73. The molecular weight excluding hydrogens is 328 g/mol. The van der Waals surface area contributed by atoms with Gasteiger partial charge in [0.2, 0.25) is 5.89 Å². The Morgan fingerprint density at radius 2 is 2.25 bits per heavy atom. The van der Waals surface area contributed by atoms with Crippen LogP contribution in [0, 0.1) is 6.92 Å². The Morgan fingerprint density at radius 3 is 3.04 bits per heavy atom. The molecule has 4 heterocycles. The van der Waals surface area contributed by atoms with Crippen LogP contribution < -0.4 is 4.74 Å². The number of fused-ring (bicyclic) bond motifs is 1. The maximum atomic E-state index is 5.78. The zero-order chi connectivity index (χ0) is 16.5. The summed E-state index contributed by atoms with van der Waals surface area (Å²) < 4.78 is 11.3. The van der Waals surface area contributed by atoms with Crippen LogP contribution >= 0.6 is 11.3 Å². The van der Waals surface area contributed by atoms with Gasteiger partial charge in [0.15, 0.2) is 5.69 Å². The lowest BCUT2D eigenvalue weighted by atomic mass is 10.2. The van der Waals surface area contributed by atoms with E-state index < -0.39 is 0 Å². The van der Waals surface area contributed by atoms with Crippen LogP contribution in [0.2, 0.25) is 0 Å². The highest BCUT2D eigenvalue weighted by molar-refractivity contribution is 7.18. The molecule has 3 aromatic rings. The molecule has 0 amide bonds. The van der Waals surface area contributed by atoms with Crippen LogP contribution in [0.15, 0.2) is 34.1 Å². The Bertz CT molecular complexity index is 901. The van der Waals surface area contributed by atoms with Crippen molar-refractivity contribution in [3.05, 3.63) is 35.9 Å². The van der Waals surface area contributed by atoms with Gasteiger partial charge in [0.05, 0.1) is 12.3 Å². The fourth-order valence-corrected chi connectivity index (χ4v) is 3.43. The molecule has 0 radical (unpaired) electrons. The van der Waals surface area contributed by atoms with E-state index in [0.717, 1.165) is 26.9 Å². The van der Waals surface area contributed by atoms with E-state index in [4.69, 9.17) is 14.0 Å². The summed E-state index contributed by atoms with van der Waals surface area (Å²) >= 11 is 1.51. The van der Waals surface area contributed by atoms with Gasteiger partial charge in [0.1, 0.15) is 22.7 Å². The number of aryl methyl sites for hydroxylation is 1. The van der Waals surface area contributed by atoms with Gasteiger partial charge in [-0.3, -0.25) is 4.98 Å². The standard InChI is InChI=1S/C16H14N4O3S/c1-9-13(24-15(18-9)10-4-3-6-17-8-10)14-19-12-11(20-21-2)5-7-22-16(12)23-14/h3-4,6,8H,5,7H2,1-2H3/b20-11+. The van der Waals surface area contributed by atoms with E-state index in [9.17, 15) is 0 Å². The van der Waals surface area contributed by atoms with E-state index in [1.54, 1.807) is 12.4 Å². The lowest BCUT2D eigenvalue weighted by molar-refractivity contribution is 0.206. The first-order valence-electron chi connectivity index (χ1n) is 7.38. The second kappa shape index (κ2) is 6.04. The Morgan fingerprint density at radius 1 is 1.33 bits per heavy atom. The summed E-state index contributed by atoms with van der Waals surface area (Å²) in [5.74, 6) is 0.860. The number of aromatic nitrogens is 3. The topological polar surface area (TPSA) is 82.6 Å². The summed E-state index contributed by atoms with van der Waals surface area (Å²) in [6.07, 6.45) is 4.16. The zero-order valence-corrected chi connectivity index (χ0v) is 14.0. The molecule has 8 heteroatoms. The van der Waals surface area contributed by atoms with Gasteiger partial charge in [-0.2, -0.15) is 0 Å². The predicted molar refractivity (Wildman–Crippen MR) is 89.2 cm³/mol. The van der Waals surface area contributed by atoms with Crippen molar-refractivity contribution >= 4 is 17.0 Å². The minimum Gasteiger partial charge on any atom is -0.463 e. The second-order valence-corrected chi connectivity index (χ2v) is 6.15. The summed E-state index contributed by atoms with van der Waals surface area (Å²) in [6.45, 7) is 2.42. The fourth-order valence-electron chi connectivity index (χ4n) is 2.45. The molecule has 0 bridgehead atoms. The highest BCUT2D eigenvalue weighted by Gasteiger charge is 2.27. The number of rotatable bonds is 3. The number of thiazole rings is 1. The molecule has 1 aliphatic rings. The molecule has 0 spiro atoms. The summed E-state index contributed by atoms with van der Waals surface area (Å²) in [6, 6.07) is 3.86. The molecule has 0 aliphatic carbocycles. The van der Waals surface area contributed by atoms with Crippen molar-refractivity contribution in [2.45, 2.75) is 13.3 Å². The van der Waals surface area contributed by atoms with Crippen molar-refractivity contribution in [2.75, 3.05) is 13.7 Å². The monoisotopic (exact) mass is 342 g/mol. The minimum atomic E-state index is 0.378. The van der Waals surface area contributed by atoms with Crippen LogP contribution in [-0.4, -0.2) is 34.4 Å². The number of hydrogen-bond acceptors (Lipinski definition) is 8. The number of pyridine rings is 1. The van der Waals surface area contributed by atoms with Gasteiger partial charge in [-0.1, -0.05) is 5.16 Å². The minimum absolute atomic E-state index is 0.378. The molecular formula is C16H14N4O3S. The Labute approximate surface area is 142 Å². The highest BCUT2D eigenvalue weighted by atomic mass is 32.1. The third-order valence-corrected chi connectivity index (χ3v) is 4.74. The number of hydrogen-bond donors (Lipinski definition) is 0. The number of oxazole rings is 1. The lowest BCUT2D eigenvalue weighted by Gasteiger charge is -2.10. The van der Waals surface area contributed by atoms with Crippen molar-refractivity contribution in [3.8, 4) is 27.3 Å². The van der Waals surface area contributed by atoms with E-state index in [-0.39, 0.29) is 0 Å². The smallest absolute Gasteiger partial charge is 0.315 e. The molecule has 0 N–H and O–H groups in total. The number of oxime groups is 1. The molecule has 4 rings (SSSR count). The maximum absolute atomic E-state index is 5.78. The van der Waals surface area contributed by atoms with Gasteiger partial charge >= 0.3 is 5.95 Å². The van der Waals surface area contributed by atoms with Gasteiger partial charge in [-0.05, 0) is 19.1 Å². The summed E-state index contributed by atoms with van der Waals surface area (Å²) in [7, 11) is 1.51. The van der Waals surface area contributed by atoms with E-state index in [1.165, 1.54) is 18.4 Å². The molecule has 122 valence electrons. The van der Waals surface area contributed by atoms with E-state index in [2.05, 4.69) is 20.1 Å². The van der Waals surface area contributed by atoms with Gasteiger partial charge in [-0.15, -0.1) is 11.3 Å².